The predicted molar refractivity (Wildman–Crippen MR) is 74.6 cm³/mol. The summed E-state index contributed by atoms with van der Waals surface area (Å²) >= 11 is 0. The highest BCUT2D eigenvalue weighted by molar-refractivity contribution is 5.68. The lowest BCUT2D eigenvalue weighted by Gasteiger charge is -2.25. The van der Waals surface area contributed by atoms with E-state index >= 15 is 0 Å². The summed E-state index contributed by atoms with van der Waals surface area (Å²) in [7, 11) is 1.45. The molecule has 0 fully saturated rings. The Morgan fingerprint density at radius 2 is 1.78 bits per heavy atom. The van der Waals surface area contributed by atoms with Crippen molar-refractivity contribution in [1.29, 1.82) is 0 Å². The number of unbranched alkanes of at least 4 members (excludes halogenated alkanes) is 2. The van der Waals surface area contributed by atoms with Gasteiger partial charge in [0, 0.05) is 6.42 Å². The van der Waals surface area contributed by atoms with Crippen LogP contribution in [0.3, 0.4) is 0 Å². The zero-order chi connectivity index (χ0) is 13.4. The second-order valence-electron chi connectivity index (χ2n) is 5.39. The van der Waals surface area contributed by atoms with Crippen LogP contribution < -0.4 is 0 Å². The van der Waals surface area contributed by atoms with Crippen LogP contribution >= 0.6 is 0 Å². The number of ether oxygens (including phenoxy) is 1. The fourth-order valence-corrected chi connectivity index (χ4v) is 2.15. The van der Waals surface area contributed by atoms with Crippen LogP contribution in [0.15, 0.2) is 30.3 Å². The first kappa shape index (κ1) is 14.7. The molecule has 0 amide bonds. The molecule has 0 aromatic heterocycles. The number of rotatable bonds is 7. The number of methoxy groups -OCH3 is 1. The lowest BCUT2D eigenvalue weighted by molar-refractivity contribution is -0.140. The van der Waals surface area contributed by atoms with Crippen LogP contribution in [0.2, 0.25) is 0 Å². The summed E-state index contributed by atoms with van der Waals surface area (Å²) in [5.74, 6) is -0.0997. The van der Waals surface area contributed by atoms with Crippen LogP contribution in [-0.4, -0.2) is 13.1 Å². The summed E-state index contributed by atoms with van der Waals surface area (Å²) in [5, 5.41) is 0. The molecule has 18 heavy (non-hydrogen) atoms. The Labute approximate surface area is 110 Å². The standard InChI is InChI=1S/C16H24O2/c1-16(2,14-10-6-4-7-11-14)13-9-5-8-12-15(17)18-3/h4,6-7,10-11H,5,8-9,12-13H2,1-3H3. The van der Waals surface area contributed by atoms with Crippen LogP contribution in [0.5, 0.6) is 0 Å². The van der Waals surface area contributed by atoms with Gasteiger partial charge in [0.05, 0.1) is 7.11 Å². The van der Waals surface area contributed by atoms with E-state index in [-0.39, 0.29) is 11.4 Å². The number of carbonyl (C=O) groups excluding carboxylic acids is 1. The van der Waals surface area contributed by atoms with E-state index in [1.807, 2.05) is 0 Å². The lowest BCUT2D eigenvalue weighted by Crippen LogP contribution is -2.16. The molecule has 0 aliphatic heterocycles. The molecule has 1 rings (SSSR count). The first-order valence-electron chi connectivity index (χ1n) is 6.68. The van der Waals surface area contributed by atoms with Gasteiger partial charge < -0.3 is 4.74 Å². The SMILES string of the molecule is COC(=O)CCCCCC(C)(C)c1ccccc1. The molecule has 0 spiro atoms. The summed E-state index contributed by atoms with van der Waals surface area (Å²) in [5.41, 5.74) is 1.60. The van der Waals surface area contributed by atoms with Crippen molar-refractivity contribution in [3.8, 4) is 0 Å². The third-order valence-corrected chi connectivity index (χ3v) is 3.47. The van der Waals surface area contributed by atoms with E-state index in [2.05, 4.69) is 48.9 Å². The van der Waals surface area contributed by atoms with E-state index in [1.165, 1.54) is 12.7 Å². The molecule has 0 radical (unpaired) electrons. The Morgan fingerprint density at radius 1 is 1.11 bits per heavy atom. The normalized spacial score (nSPS) is 11.3. The molecule has 1 aromatic carbocycles. The summed E-state index contributed by atoms with van der Waals surface area (Å²) in [6.07, 6.45) is 4.86. The average Bonchev–Trinajstić information content (AvgIpc) is 2.39. The molecule has 0 N–H and O–H groups in total. The Morgan fingerprint density at radius 3 is 2.39 bits per heavy atom. The Kier molecular flexibility index (Phi) is 5.90. The minimum Gasteiger partial charge on any atom is -0.469 e. The van der Waals surface area contributed by atoms with Crippen LogP contribution in [0, 0.1) is 0 Å². The maximum atomic E-state index is 11.0. The molecule has 0 bridgehead atoms. The Bertz CT molecular complexity index is 355. The second-order valence-corrected chi connectivity index (χ2v) is 5.39. The number of hydrogen-bond acceptors (Lipinski definition) is 2. The Hall–Kier alpha value is -1.31. The van der Waals surface area contributed by atoms with Crippen LogP contribution in [0.4, 0.5) is 0 Å². The number of benzene rings is 1. The van der Waals surface area contributed by atoms with Crippen LogP contribution in [0.25, 0.3) is 0 Å². The van der Waals surface area contributed by atoms with Crippen molar-refractivity contribution in [3.63, 3.8) is 0 Å². The van der Waals surface area contributed by atoms with Gasteiger partial charge in [0.1, 0.15) is 0 Å². The van der Waals surface area contributed by atoms with Gasteiger partial charge in [-0.3, -0.25) is 4.79 Å². The highest BCUT2D eigenvalue weighted by atomic mass is 16.5. The van der Waals surface area contributed by atoms with Gasteiger partial charge in [-0.05, 0) is 23.8 Å². The van der Waals surface area contributed by atoms with Crippen LogP contribution in [-0.2, 0) is 14.9 Å². The Balaban J connectivity index is 2.28. The smallest absolute Gasteiger partial charge is 0.305 e. The van der Waals surface area contributed by atoms with E-state index in [4.69, 9.17) is 0 Å². The second kappa shape index (κ2) is 7.20. The van der Waals surface area contributed by atoms with Crippen molar-refractivity contribution >= 4 is 5.97 Å². The molecule has 0 heterocycles. The van der Waals surface area contributed by atoms with Crippen molar-refractivity contribution < 1.29 is 9.53 Å². The van der Waals surface area contributed by atoms with Crippen molar-refractivity contribution in [2.24, 2.45) is 0 Å². The van der Waals surface area contributed by atoms with Gasteiger partial charge in [-0.25, -0.2) is 0 Å². The maximum absolute atomic E-state index is 11.0. The number of esters is 1. The molecule has 0 saturated carbocycles. The first-order valence-corrected chi connectivity index (χ1v) is 6.68. The van der Waals surface area contributed by atoms with Gasteiger partial charge >= 0.3 is 5.97 Å². The van der Waals surface area contributed by atoms with Gasteiger partial charge in [-0.1, -0.05) is 57.0 Å². The zero-order valence-electron chi connectivity index (χ0n) is 11.7. The number of carbonyl (C=O) groups is 1. The summed E-state index contributed by atoms with van der Waals surface area (Å²) in [6.45, 7) is 4.56. The van der Waals surface area contributed by atoms with Gasteiger partial charge in [0.15, 0.2) is 0 Å². The van der Waals surface area contributed by atoms with E-state index in [0.717, 1.165) is 25.7 Å². The highest BCUT2D eigenvalue weighted by Crippen LogP contribution is 2.29. The molecule has 0 aliphatic carbocycles. The number of hydrogen-bond donors (Lipinski definition) is 0. The summed E-state index contributed by atoms with van der Waals surface area (Å²) < 4.78 is 4.63. The molecule has 0 aliphatic rings. The van der Waals surface area contributed by atoms with Crippen molar-refractivity contribution in [3.05, 3.63) is 35.9 Å². The molecule has 0 atom stereocenters. The quantitative estimate of drug-likeness (QED) is 0.536. The van der Waals surface area contributed by atoms with Crippen molar-refractivity contribution in [2.45, 2.75) is 51.4 Å². The van der Waals surface area contributed by atoms with Crippen molar-refractivity contribution in [2.75, 3.05) is 7.11 Å². The fourth-order valence-electron chi connectivity index (χ4n) is 2.15. The minimum atomic E-state index is -0.0997. The molecule has 0 unspecified atom stereocenters. The van der Waals surface area contributed by atoms with Gasteiger partial charge in [-0.15, -0.1) is 0 Å². The van der Waals surface area contributed by atoms with Gasteiger partial charge in [0.2, 0.25) is 0 Å². The van der Waals surface area contributed by atoms with E-state index in [9.17, 15) is 4.79 Å². The maximum Gasteiger partial charge on any atom is 0.305 e. The monoisotopic (exact) mass is 248 g/mol. The van der Waals surface area contributed by atoms with E-state index in [0.29, 0.717) is 6.42 Å². The average molecular weight is 248 g/mol. The fraction of sp³-hybridized carbons (Fsp3) is 0.562. The first-order chi connectivity index (χ1) is 8.56. The zero-order valence-corrected chi connectivity index (χ0v) is 11.7. The molecule has 2 heteroatoms. The molecule has 1 aromatic rings. The molecular formula is C16H24O2. The summed E-state index contributed by atoms with van der Waals surface area (Å²) in [4.78, 5) is 11.0. The van der Waals surface area contributed by atoms with Gasteiger partial charge in [-0.2, -0.15) is 0 Å². The third kappa shape index (κ3) is 4.91. The van der Waals surface area contributed by atoms with E-state index in [1.54, 1.807) is 0 Å². The van der Waals surface area contributed by atoms with Crippen molar-refractivity contribution in [1.82, 2.24) is 0 Å². The van der Waals surface area contributed by atoms with Gasteiger partial charge in [0.25, 0.3) is 0 Å². The lowest BCUT2D eigenvalue weighted by atomic mass is 9.80. The minimum absolute atomic E-state index is 0.0997. The molecule has 100 valence electrons. The summed E-state index contributed by atoms with van der Waals surface area (Å²) in [6, 6.07) is 10.6. The predicted octanol–water partition coefficient (Wildman–Crippen LogP) is 4.09. The molecule has 2 nitrogen and oxygen atoms in total. The molecule has 0 saturated heterocycles. The van der Waals surface area contributed by atoms with E-state index < -0.39 is 0 Å². The topological polar surface area (TPSA) is 26.3 Å². The van der Waals surface area contributed by atoms with Crippen LogP contribution in [0.1, 0.15) is 51.5 Å². The molecular weight excluding hydrogens is 224 g/mol. The highest BCUT2D eigenvalue weighted by Gasteiger charge is 2.19. The largest absolute Gasteiger partial charge is 0.469 e. The third-order valence-electron chi connectivity index (χ3n) is 3.47.